The summed E-state index contributed by atoms with van der Waals surface area (Å²) in [5.41, 5.74) is 5.94. The number of hydrogen-bond donors (Lipinski definition) is 2. The highest BCUT2D eigenvalue weighted by Crippen LogP contribution is 2.33. The van der Waals surface area contributed by atoms with E-state index in [2.05, 4.69) is 5.32 Å². The third-order valence-electron chi connectivity index (χ3n) is 5.96. The second-order valence-corrected chi connectivity index (χ2v) is 7.65. The van der Waals surface area contributed by atoms with Gasteiger partial charge in [-0.1, -0.05) is 12.8 Å². The van der Waals surface area contributed by atoms with E-state index in [1.807, 2.05) is 4.90 Å². The highest BCUT2D eigenvalue weighted by atomic mass is 16.2. The van der Waals surface area contributed by atoms with Crippen LogP contribution in [0.1, 0.15) is 64.2 Å². The monoisotopic (exact) mass is 321 g/mol. The molecule has 2 amide bonds. The van der Waals surface area contributed by atoms with Gasteiger partial charge < -0.3 is 16.0 Å². The van der Waals surface area contributed by atoms with Gasteiger partial charge in [0, 0.05) is 37.0 Å². The average Bonchev–Trinajstić information content (AvgIpc) is 3.11. The van der Waals surface area contributed by atoms with Gasteiger partial charge in [0.2, 0.25) is 11.8 Å². The van der Waals surface area contributed by atoms with Crippen molar-refractivity contribution in [3.05, 3.63) is 0 Å². The van der Waals surface area contributed by atoms with Crippen LogP contribution < -0.4 is 11.1 Å². The zero-order valence-electron chi connectivity index (χ0n) is 14.1. The largest absolute Gasteiger partial charge is 0.353 e. The second-order valence-electron chi connectivity index (χ2n) is 7.65. The summed E-state index contributed by atoms with van der Waals surface area (Å²) < 4.78 is 0. The van der Waals surface area contributed by atoms with Crippen molar-refractivity contribution in [3.8, 4) is 0 Å². The van der Waals surface area contributed by atoms with Crippen LogP contribution in [0.3, 0.4) is 0 Å². The van der Waals surface area contributed by atoms with Crippen LogP contribution in [0.5, 0.6) is 0 Å². The molecule has 2 aliphatic carbocycles. The Morgan fingerprint density at radius 3 is 2.09 bits per heavy atom. The summed E-state index contributed by atoms with van der Waals surface area (Å²) in [5, 5.41) is 3.22. The lowest BCUT2D eigenvalue weighted by atomic mass is 9.77. The number of likely N-dealkylation sites (tertiary alicyclic amines) is 1. The van der Waals surface area contributed by atoms with E-state index in [1.54, 1.807) is 0 Å². The van der Waals surface area contributed by atoms with Gasteiger partial charge in [-0.2, -0.15) is 0 Å². The molecule has 0 aromatic carbocycles. The number of carbonyl (C=O) groups is 2. The maximum Gasteiger partial charge on any atom is 0.226 e. The van der Waals surface area contributed by atoms with Crippen LogP contribution in [0.2, 0.25) is 0 Å². The third-order valence-corrected chi connectivity index (χ3v) is 5.96. The number of nitrogens with zero attached hydrogens (tertiary/aromatic N) is 1. The number of amides is 2. The lowest BCUT2D eigenvalue weighted by Gasteiger charge is -2.34. The summed E-state index contributed by atoms with van der Waals surface area (Å²) in [4.78, 5) is 27.5. The number of rotatable bonds is 3. The van der Waals surface area contributed by atoms with Crippen molar-refractivity contribution in [2.24, 2.45) is 17.6 Å². The lowest BCUT2D eigenvalue weighted by molar-refractivity contribution is -0.143. The normalized spacial score (nSPS) is 35.1. The van der Waals surface area contributed by atoms with E-state index in [9.17, 15) is 9.59 Å². The molecule has 23 heavy (non-hydrogen) atoms. The van der Waals surface area contributed by atoms with Gasteiger partial charge in [0.15, 0.2) is 0 Å². The van der Waals surface area contributed by atoms with Crippen molar-refractivity contribution in [2.45, 2.75) is 76.3 Å². The van der Waals surface area contributed by atoms with Gasteiger partial charge in [-0.3, -0.25) is 9.59 Å². The minimum Gasteiger partial charge on any atom is -0.353 e. The van der Waals surface area contributed by atoms with Gasteiger partial charge in [0.25, 0.3) is 0 Å². The SMILES string of the molecule is NC1CCC(NC(=O)C2CCCCC2C(=O)N2CCCC2)CC1. The molecule has 130 valence electrons. The van der Waals surface area contributed by atoms with Gasteiger partial charge in [-0.25, -0.2) is 0 Å². The molecule has 3 N–H and O–H groups in total. The molecule has 0 radical (unpaired) electrons. The van der Waals surface area contributed by atoms with Crippen LogP contribution in [0, 0.1) is 11.8 Å². The fraction of sp³-hybridized carbons (Fsp3) is 0.889. The molecule has 3 rings (SSSR count). The first-order chi connectivity index (χ1) is 11.1. The zero-order valence-corrected chi connectivity index (χ0v) is 14.1. The van der Waals surface area contributed by atoms with Gasteiger partial charge in [0.05, 0.1) is 0 Å². The van der Waals surface area contributed by atoms with Crippen molar-refractivity contribution < 1.29 is 9.59 Å². The summed E-state index contributed by atoms with van der Waals surface area (Å²) in [7, 11) is 0. The Morgan fingerprint density at radius 1 is 0.826 bits per heavy atom. The van der Waals surface area contributed by atoms with Gasteiger partial charge >= 0.3 is 0 Å². The molecule has 2 saturated carbocycles. The predicted molar refractivity (Wildman–Crippen MR) is 89.6 cm³/mol. The predicted octanol–water partition coefficient (Wildman–Crippen LogP) is 1.80. The van der Waals surface area contributed by atoms with Crippen molar-refractivity contribution in [1.29, 1.82) is 0 Å². The molecule has 1 saturated heterocycles. The van der Waals surface area contributed by atoms with Crippen LogP contribution >= 0.6 is 0 Å². The Balaban J connectivity index is 1.58. The Morgan fingerprint density at radius 2 is 1.43 bits per heavy atom. The van der Waals surface area contributed by atoms with Crippen molar-refractivity contribution in [1.82, 2.24) is 10.2 Å². The van der Waals surface area contributed by atoms with Crippen molar-refractivity contribution >= 4 is 11.8 Å². The molecule has 0 aromatic rings. The minimum absolute atomic E-state index is 0.0901. The summed E-state index contributed by atoms with van der Waals surface area (Å²) >= 11 is 0. The Hall–Kier alpha value is -1.10. The zero-order chi connectivity index (χ0) is 16.2. The minimum atomic E-state index is -0.118. The molecule has 5 nitrogen and oxygen atoms in total. The molecule has 3 fully saturated rings. The van der Waals surface area contributed by atoms with E-state index in [0.29, 0.717) is 6.04 Å². The van der Waals surface area contributed by atoms with E-state index in [-0.39, 0.29) is 29.7 Å². The van der Waals surface area contributed by atoms with Crippen LogP contribution in [0.4, 0.5) is 0 Å². The molecule has 1 heterocycles. The van der Waals surface area contributed by atoms with Crippen LogP contribution in [-0.2, 0) is 9.59 Å². The molecule has 1 aliphatic heterocycles. The number of nitrogens with one attached hydrogen (secondary N) is 1. The third kappa shape index (κ3) is 4.06. The van der Waals surface area contributed by atoms with Crippen LogP contribution in [0.25, 0.3) is 0 Å². The van der Waals surface area contributed by atoms with E-state index in [4.69, 9.17) is 5.73 Å². The fourth-order valence-electron chi connectivity index (χ4n) is 4.48. The van der Waals surface area contributed by atoms with E-state index >= 15 is 0 Å². The van der Waals surface area contributed by atoms with Crippen molar-refractivity contribution in [3.63, 3.8) is 0 Å². The molecule has 0 spiro atoms. The van der Waals surface area contributed by atoms with Crippen LogP contribution in [0.15, 0.2) is 0 Å². The fourth-order valence-corrected chi connectivity index (χ4v) is 4.48. The molecule has 5 heteroatoms. The molecule has 2 atom stereocenters. The Bertz CT molecular complexity index is 426. The molecule has 3 aliphatic rings. The van der Waals surface area contributed by atoms with E-state index in [1.165, 1.54) is 0 Å². The number of nitrogens with two attached hydrogens (primary N) is 1. The first kappa shape index (κ1) is 16.7. The smallest absolute Gasteiger partial charge is 0.226 e. The highest BCUT2D eigenvalue weighted by molar-refractivity contribution is 5.88. The summed E-state index contributed by atoms with van der Waals surface area (Å²) in [6.45, 7) is 1.76. The second kappa shape index (κ2) is 7.65. The van der Waals surface area contributed by atoms with Crippen LogP contribution in [-0.4, -0.2) is 41.9 Å². The summed E-state index contributed by atoms with van der Waals surface area (Å²) in [5.74, 6) is 0.135. The maximum atomic E-state index is 12.8. The molecule has 0 bridgehead atoms. The topological polar surface area (TPSA) is 75.4 Å². The quantitative estimate of drug-likeness (QED) is 0.832. The van der Waals surface area contributed by atoms with Gasteiger partial charge in [-0.15, -0.1) is 0 Å². The summed E-state index contributed by atoms with van der Waals surface area (Å²) in [6, 6.07) is 0.550. The van der Waals surface area contributed by atoms with E-state index in [0.717, 1.165) is 77.3 Å². The van der Waals surface area contributed by atoms with Crippen molar-refractivity contribution in [2.75, 3.05) is 13.1 Å². The first-order valence-corrected chi connectivity index (χ1v) is 9.50. The number of carbonyl (C=O) groups excluding carboxylic acids is 2. The lowest BCUT2D eigenvalue weighted by Crippen LogP contribution is -2.48. The highest BCUT2D eigenvalue weighted by Gasteiger charge is 2.39. The molecular formula is C18H31N3O2. The standard InChI is InChI=1S/C18H31N3O2/c19-13-7-9-14(10-8-13)20-17(22)15-5-1-2-6-16(15)18(23)21-11-3-4-12-21/h13-16H,1-12,19H2,(H,20,22). The molecule has 2 unspecified atom stereocenters. The van der Waals surface area contributed by atoms with Gasteiger partial charge in [0.1, 0.15) is 0 Å². The first-order valence-electron chi connectivity index (χ1n) is 9.50. The Labute approximate surface area is 139 Å². The molecular weight excluding hydrogens is 290 g/mol. The summed E-state index contributed by atoms with van der Waals surface area (Å²) in [6.07, 6.45) is 10.0. The molecule has 0 aromatic heterocycles. The maximum absolute atomic E-state index is 12.8. The van der Waals surface area contributed by atoms with Gasteiger partial charge in [-0.05, 0) is 51.4 Å². The van der Waals surface area contributed by atoms with E-state index < -0.39 is 0 Å². The number of hydrogen-bond acceptors (Lipinski definition) is 3. The average molecular weight is 321 g/mol. The Kier molecular flexibility index (Phi) is 5.57.